The Kier molecular flexibility index (Phi) is 3.95. The number of nitrogens with two attached hydrogens (primary N) is 1. The van der Waals surface area contributed by atoms with Gasteiger partial charge in [0.05, 0.1) is 5.71 Å². The SMILES string of the molecule is NC(=S)N1N=C(c2ccccc2)CC1(O)C(Cl)(Cl)Cl. The van der Waals surface area contributed by atoms with E-state index in [1.807, 2.05) is 30.3 Å². The summed E-state index contributed by atoms with van der Waals surface area (Å²) in [5.41, 5.74) is 4.97. The van der Waals surface area contributed by atoms with Gasteiger partial charge < -0.3 is 10.8 Å². The second-order valence-corrected chi connectivity index (χ2v) is 6.75. The summed E-state index contributed by atoms with van der Waals surface area (Å²) in [6.07, 6.45) is 0.00481. The van der Waals surface area contributed by atoms with Crippen LogP contribution >= 0.6 is 47.0 Å². The fourth-order valence-electron chi connectivity index (χ4n) is 1.79. The largest absolute Gasteiger partial charge is 0.375 e. The van der Waals surface area contributed by atoms with Crippen LogP contribution < -0.4 is 5.73 Å². The molecule has 3 N–H and O–H groups in total. The zero-order valence-electron chi connectivity index (χ0n) is 9.55. The van der Waals surface area contributed by atoms with Crippen LogP contribution in [0.1, 0.15) is 12.0 Å². The highest BCUT2D eigenvalue weighted by Crippen LogP contribution is 2.46. The number of aliphatic hydroxyl groups is 1. The highest BCUT2D eigenvalue weighted by atomic mass is 35.6. The van der Waals surface area contributed by atoms with Crippen LogP contribution in [0.5, 0.6) is 0 Å². The summed E-state index contributed by atoms with van der Waals surface area (Å²) in [4.78, 5) is 0. The lowest BCUT2D eigenvalue weighted by atomic mass is 10.0. The van der Waals surface area contributed by atoms with Crippen molar-refractivity contribution in [3.05, 3.63) is 35.9 Å². The molecule has 1 aromatic rings. The number of benzene rings is 1. The molecule has 1 aliphatic rings. The fourth-order valence-corrected chi connectivity index (χ4v) is 2.42. The Morgan fingerprint density at radius 2 is 1.95 bits per heavy atom. The summed E-state index contributed by atoms with van der Waals surface area (Å²) in [5, 5.41) is 15.5. The van der Waals surface area contributed by atoms with Crippen molar-refractivity contribution in [3.8, 4) is 0 Å². The van der Waals surface area contributed by atoms with Crippen LogP contribution in [0.2, 0.25) is 0 Å². The maximum absolute atomic E-state index is 10.5. The Balaban J connectivity index is 2.42. The fraction of sp³-hybridized carbons (Fsp3) is 0.273. The van der Waals surface area contributed by atoms with Gasteiger partial charge >= 0.3 is 0 Å². The molecule has 2 rings (SSSR count). The second-order valence-electron chi connectivity index (χ2n) is 4.05. The maximum Gasteiger partial charge on any atom is 0.239 e. The smallest absolute Gasteiger partial charge is 0.239 e. The van der Waals surface area contributed by atoms with Crippen molar-refractivity contribution >= 4 is 57.8 Å². The van der Waals surface area contributed by atoms with Crippen LogP contribution in [0.4, 0.5) is 0 Å². The third-order valence-electron chi connectivity index (χ3n) is 2.75. The van der Waals surface area contributed by atoms with E-state index in [2.05, 4.69) is 5.10 Å². The quantitative estimate of drug-likeness (QED) is 0.610. The van der Waals surface area contributed by atoms with Gasteiger partial charge in [0.25, 0.3) is 0 Å². The van der Waals surface area contributed by atoms with Crippen LogP contribution in [0.3, 0.4) is 0 Å². The first kappa shape index (κ1) is 14.8. The van der Waals surface area contributed by atoms with Gasteiger partial charge in [0.15, 0.2) is 5.11 Å². The molecule has 0 radical (unpaired) electrons. The molecule has 0 amide bonds. The number of rotatable bonds is 1. The van der Waals surface area contributed by atoms with Crippen LogP contribution in [-0.4, -0.2) is 30.5 Å². The molecule has 0 aromatic heterocycles. The van der Waals surface area contributed by atoms with E-state index in [1.54, 1.807) is 0 Å². The summed E-state index contributed by atoms with van der Waals surface area (Å²) in [5.74, 6) is 0. The molecule has 1 heterocycles. The molecule has 0 fully saturated rings. The summed E-state index contributed by atoms with van der Waals surface area (Å²) < 4.78 is -2.00. The molecular weight excluding hydrogens is 329 g/mol. The minimum absolute atomic E-state index is 0.00481. The van der Waals surface area contributed by atoms with Crippen molar-refractivity contribution in [1.82, 2.24) is 5.01 Å². The lowest BCUT2D eigenvalue weighted by molar-refractivity contribution is -0.0463. The predicted octanol–water partition coefficient (Wildman–Crippen LogP) is 2.40. The van der Waals surface area contributed by atoms with Crippen molar-refractivity contribution in [3.63, 3.8) is 0 Å². The van der Waals surface area contributed by atoms with Crippen molar-refractivity contribution in [1.29, 1.82) is 0 Å². The molecule has 1 aromatic carbocycles. The average molecular weight is 339 g/mol. The average Bonchev–Trinajstić information content (AvgIpc) is 2.69. The van der Waals surface area contributed by atoms with E-state index in [0.29, 0.717) is 5.71 Å². The van der Waals surface area contributed by atoms with Crippen molar-refractivity contribution in [2.45, 2.75) is 15.9 Å². The number of alkyl halides is 3. The highest BCUT2D eigenvalue weighted by Gasteiger charge is 2.56. The Morgan fingerprint density at radius 3 is 2.37 bits per heavy atom. The van der Waals surface area contributed by atoms with E-state index in [4.69, 9.17) is 52.8 Å². The first-order chi connectivity index (χ1) is 8.75. The third kappa shape index (κ3) is 2.66. The first-order valence-corrected chi connectivity index (χ1v) is 6.81. The Labute approximate surface area is 130 Å². The number of nitrogens with zero attached hydrogens (tertiary/aromatic N) is 2. The van der Waals surface area contributed by atoms with E-state index in [0.717, 1.165) is 10.6 Å². The molecule has 8 heteroatoms. The highest BCUT2D eigenvalue weighted by molar-refractivity contribution is 7.80. The monoisotopic (exact) mass is 337 g/mol. The normalized spacial score (nSPS) is 23.4. The minimum Gasteiger partial charge on any atom is -0.375 e. The van der Waals surface area contributed by atoms with Crippen LogP contribution in [0.25, 0.3) is 0 Å². The molecule has 1 unspecified atom stereocenters. The van der Waals surface area contributed by atoms with Gasteiger partial charge in [-0.05, 0) is 17.8 Å². The maximum atomic E-state index is 10.5. The molecule has 4 nitrogen and oxygen atoms in total. The summed E-state index contributed by atoms with van der Waals surface area (Å²) >= 11 is 22.3. The Morgan fingerprint density at radius 1 is 1.37 bits per heavy atom. The first-order valence-electron chi connectivity index (χ1n) is 5.27. The van der Waals surface area contributed by atoms with Gasteiger partial charge in [0, 0.05) is 6.42 Å². The topological polar surface area (TPSA) is 61.8 Å². The van der Waals surface area contributed by atoms with Crippen molar-refractivity contribution in [2.75, 3.05) is 0 Å². The summed E-state index contributed by atoms with van der Waals surface area (Å²) in [6.45, 7) is 0. The van der Waals surface area contributed by atoms with Gasteiger partial charge in [0.2, 0.25) is 9.52 Å². The lowest BCUT2D eigenvalue weighted by Gasteiger charge is -2.36. The van der Waals surface area contributed by atoms with E-state index in [1.165, 1.54) is 0 Å². The molecule has 1 atom stereocenters. The van der Waals surface area contributed by atoms with Crippen molar-refractivity contribution < 1.29 is 5.11 Å². The molecule has 0 aliphatic carbocycles. The van der Waals surface area contributed by atoms with E-state index in [9.17, 15) is 5.11 Å². The zero-order chi connectivity index (χ0) is 14.3. The number of halogens is 3. The Hall–Kier alpha value is -0.590. The van der Waals surface area contributed by atoms with E-state index in [-0.39, 0.29) is 11.5 Å². The molecule has 0 saturated heterocycles. The zero-order valence-corrected chi connectivity index (χ0v) is 12.6. The molecule has 1 aliphatic heterocycles. The molecule has 0 saturated carbocycles. The number of hydrogen-bond donors (Lipinski definition) is 2. The van der Waals surface area contributed by atoms with E-state index < -0.39 is 9.52 Å². The standard InChI is InChI=1S/C11H10Cl3N3OS/c12-11(13,14)10(18)6-8(16-17(10)9(15)19)7-4-2-1-3-5-7/h1-5,18H,6H2,(H2,15,19). The van der Waals surface area contributed by atoms with Gasteiger partial charge in [-0.15, -0.1) is 0 Å². The second kappa shape index (κ2) is 5.07. The van der Waals surface area contributed by atoms with Crippen LogP contribution in [-0.2, 0) is 0 Å². The van der Waals surface area contributed by atoms with Gasteiger partial charge in [-0.1, -0.05) is 65.1 Å². The van der Waals surface area contributed by atoms with Gasteiger partial charge in [-0.2, -0.15) is 5.10 Å². The van der Waals surface area contributed by atoms with E-state index >= 15 is 0 Å². The van der Waals surface area contributed by atoms with Crippen LogP contribution in [0.15, 0.2) is 35.4 Å². The number of thiocarbonyl (C=S) groups is 1. The number of hydrogen-bond acceptors (Lipinski definition) is 3. The third-order valence-corrected chi connectivity index (χ3v) is 3.84. The summed E-state index contributed by atoms with van der Waals surface area (Å²) in [7, 11) is 0. The van der Waals surface area contributed by atoms with Gasteiger partial charge in [-0.3, -0.25) is 0 Å². The lowest BCUT2D eigenvalue weighted by Crippen LogP contribution is -2.56. The van der Waals surface area contributed by atoms with Gasteiger partial charge in [-0.25, -0.2) is 5.01 Å². The predicted molar refractivity (Wildman–Crippen MR) is 81.5 cm³/mol. The van der Waals surface area contributed by atoms with Crippen molar-refractivity contribution in [2.24, 2.45) is 10.8 Å². The summed E-state index contributed by atoms with van der Waals surface area (Å²) in [6, 6.07) is 9.22. The number of hydrazone groups is 1. The van der Waals surface area contributed by atoms with Gasteiger partial charge in [0.1, 0.15) is 0 Å². The molecule has 19 heavy (non-hydrogen) atoms. The molecule has 0 bridgehead atoms. The minimum atomic E-state index is -2.00. The molecule has 102 valence electrons. The Bertz CT molecular complexity index is 532. The molecule has 0 spiro atoms. The molecular formula is C11H10Cl3N3OS. The van der Waals surface area contributed by atoms with Crippen LogP contribution in [0, 0.1) is 0 Å².